The van der Waals surface area contributed by atoms with Crippen LogP contribution in [0, 0.1) is 17.2 Å². The first-order valence-electron chi connectivity index (χ1n) is 7.07. The van der Waals surface area contributed by atoms with Crippen molar-refractivity contribution in [3.63, 3.8) is 0 Å². The van der Waals surface area contributed by atoms with E-state index in [1.807, 2.05) is 0 Å². The van der Waals surface area contributed by atoms with Gasteiger partial charge in [0.2, 0.25) is 5.91 Å². The molecule has 1 aromatic rings. The lowest BCUT2D eigenvalue weighted by Gasteiger charge is -2.36. The summed E-state index contributed by atoms with van der Waals surface area (Å²) in [7, 11) is 0. The number of rotatable bonds is 1. The lowest BCUT2D eigenvalue weighted by atomic mass is 9.68. The highest BCUT2D eigenvalue weighted by Gasteiger charge is 2.40. The van der Waals surface area contributed by atoms with E-state index in [0.29, 0.717) is 11.3 Å². The molecule has 1 N–H and O–H groups in total. The summed E-state index contributed by atoms with van der Waals surface area (Å²) in [5.74, 6) is -0.000398. The third kappa shape index (κ3) is 2.26. The Morgan fingerprint density at radius 3 is 2.63 bits per heavy atom. The maximum absolute atomic E-state index is 13.4. The van der Waals surface area contributed by atoms with E-state index in [9.17, 15) is 9.18 Å². The van der Waals surface area contributed by atoms with E-state index in [-0.39, 0.29) is 17.6 Å². The third-order valence-electron chi connectivity index (χ3n) is 4.74. The molecule has 1 aromatic carbocycles. The molecule has 2 nitrogen and oxygen atoms in total. The van der Waals surface area contributed by atoms with Crippen LogP contribution >= 0.6 is 0 Å². The van der Waals surface area contributed by atoms with Gasteiger partial charge in [-0.3, -0.25) is 4.79 Å². The summed E-state index contributed by atoms with van der Waals surface area (Å²) in [4.78, 5) is 12.2. The van der Waals surface area contributed by atoms with Gasteiger partial charge in [0.25, 0.3) is 0 Å². The van der Waals surface area contributed by atoms with Crippen molar-refractivity contribution in [2.24, 2.45) is 11.3 Å². The van der Waals surface area contributed by atoms with Crippen LogP contribution in [-0.2, 0) is 4.79 Å². The van der Waals surface area contributed by atoms with E-state index in [1.54, 1.807) is 6.07 Å². The number of halogens is 1. The average Bonchev–Trinajstić information content (AvgIpc) is 2.65. The van der Waals surface area contributed by atoms with Crippen LogP contribution in [0.2, 0.25) is 0 Å². The van der Waals surface area contributed by atoms with Crippen molar-refractivity contribution in [1.82, 2.24) is 0 Å². The zero-order valence-corrected chi connectivity index (χ0v) is 11.5. The number of benzene rings is 1. The fourth-order valence-electron chi connectivity index (χ4n) is 3.48. The Morgan fingerprint density at radius 1 is 1.26 bits per heavy atom. The summed E-state index contributed by atoms with van der Waals surface area (Å²) >= 11 is 0. The van der Waals surface area contributed by atoms with Crippen LogP contribution in [0.25, 0.3) is 0 Å². The Morgan fingerprint density at radius 2 is 1.95 bits per heavy atom. The zero-order valence-electron chi connectivity index (χ0n) is 11.5. The molecule has 1 saturated carbocycles. The van der Waals surface area contributed by atoms with Gasteiger partial charge in [0.05, 0.1) is 5.92 Å². The Balaban J connectivity index is 1.86. The number of hydrogen-bond acceptors (Lipinski definition) is 1. The molecule has 3 rings (SSSR count). The number of hydrogen-bond donors (Lipinski definition) is 1. The van der Waals surface area contributed by atoms with Crippen molar-refractivity contribution < 1.29 is 9.18 Å². The number of fused-ring (bicyclic) bond motifs is 1. The highest BCUT2D eigenvalue weighted by atomic mass is 19.1. The predicted octanol–water partition coefficient (Wildman–Crippen LogP) is 4.08. The average molecular weight is 261 g/mol. The topological polar surface area (TPSA) is 29.1 Å². The molecular formula is C16H20FNO. The first-order chi connectivity index (χ1) is 8.96. The predicted molar refractivity (Wildman–Crippen MR) is 73.5 cm³/mol. The monoisotopic (exact) mass is 261 g/mol. The molecule has 0 saturated heterocycles. The number of amides is 1. The summed E-state index contributed by atoms with van der Waals surface area (Å²) in [5.41, 5.74) is 2.03. The van der Waals surface area contributed by atoms with Crippen LogP contribution < -0.4 is 5.32 Å². The third-order valence-corrected chi connectivity index (χ3v) is 4.74. The van der Waals surface area contributed by atoms with E-state index in [2.05, 4.69) is 19.2 Å². The highest BCUT2D eigenvalue weighted by molar-refractivity contribution is 6.03. The first kappa shape index (κ1) is 12.6. The van der Waals surface area contributed by atoms with E-state index in [0.717, 1.165) is 36.9 Å². The minimum absolute atomic E-state index is 0.0466. The Kier molecular flexibility index (Phi) is 2.88. The van der Waals surface area contributed by atoms with Crippen molar-refractivity contribution in [3.8, 4) is 0 Å². The van der Waals surface area contributed by atoms with Crippen molar-refractivity contribution in [1.29, 1.82) is 0 Å². The normalized spacial score (nSPS) is 26.1. The van der Waals surface area contributed by atoms with Gasteiger partial charge >= 0.3 is 0 Å². The number of carbonyl (C=O) groups excluding carboxylic acids is 1. The van der Waals surface area contributed by atoms with Gasteiger partial charge in [-0.25, -0.2) is 4.39 Å². The fraction of sp³-hybridized carbons (Fsp3) is 0.562. The molecule has 0 radical (unpaired) electrons. The molecule has 1 fully saturated rings. The second kappa shape index (κ2) is 4.32. The second-order valence-electron chi connectivity index (χ2n) is 6.70. The zero-order chi connectivity index (χ0) is 13.6. The largest absolute Gasteiger partial charge is 0.325 e. The molecule has 3 heteroatoms. The molecule has 1 aliphatic heterocycles. The number of carbonyl (C=O) groups is 1. The molecule has 1 atom stereocenters. The first-order valence-corrected chi connectivity index (χ1v) is 7.07. The van der Waals surface area contributed by atoms with Crippen LogP contribution in [0.1, 0.15) is 51.0 Å². The Labute approximate surface area is 113 Å². The van der Waals surface area contributed by atoms with Crippen LogP contribution in [0.3, 0.4) is 0 Å². The molecule has 2 aliphatic rings. The summed E-state index contributed by atoms with van der Waals surface area (Å²) in [6, 6.07) is 4.61. The minimum atomic E-state index is -0.253. The molecule has 0 bridgehead atoms. The summed E-state index contributed by atoms with van der Waals surface area (Å²) in [6.45, 7) is 4.57. The van der Waals surface area contributed by atoms with E-state index < -0.39 is 0 Å². The smallest absolute Gasteiger partial charge is 0.232 e. The van der Waals surface area contributed by atoms with Crippen LogP contribution in [0.5, 0.6) is 0 Å². The standard InChI is InChI=1S/C16H20FNO/c1-16(2)7-5-10(6-8-16)14-12-9-11(17)3-4-13(12)18-15(14)19/h3-4,9-10,14H,5-8H2,1-2H3,(H,18,19). The molecule has 0 aromatic heterocycles. The minimum Gasteiger partial charge on any atom is -0.325 e. The van der Waals surface area contributed by atoms with Gasteiger partial charge in [0.15, 0.2) is 0 Å². The van der Waals surface area contributed by atoms with Crippen molar-refractivity contribution >= 4 is 11.6 Å². The summed E-state index contributed by atoms with van der Waals surface area (Å²) in [5, 5.41) is 2.89. The summed E-state index contributed by atoms with van der Waals surface area (Å²) in [6.07, 6.45) is 4.40. The van der Waals surface area contributed by atoms with Crippen LogP contribution in [0.4, 0.5) is 10.1 Å². The summed E-state index contributed by atoms with van der Waals surface area (Å²) < 4.78 is 13.4. The maximum Gasteiger partial charge on any atom is 0.232 e. The number of nitrogens with one attached hydrogen (secondary N) is 1. The van der Waals surface area contributed by atoms with Crippen molar-refractivity contribution in [3.05, 3.63) is 29.6 Å². The molecule has 1 amide bonds. The second-order valence-corrected chi connectivity index (χ2v) is 6.70. The lowest BCUT2D eigenvalue weighted by molar-refractivity contribution is -0.118. The van der Waals surface area contributed by atoms with Crippen LogP contribution in [-0.4, -0.2) is 5.91 Å². The molecule has 1 aliphatic carbocycles. The Hall–Kier alpha value is -1.38. The SMILES string of the molecule is CC1(C)CCC(C2C(=O)Nc3ccc(F)cc32)CC1. The van der Waals surface area contributed by atoms with Crippen LogP contribution in [0.15, 0.2) is 18.2 Å². The van der Waals surface area contributed by atoms with Gasteiger partial charge in [0.1, 0.15) is 5.82 Å². The highest BCUT2D eigenvalue weighted by Crippen LogP contribution is 2.47. The maximum atomic E-state index is 13.4. The van der Waals surface area contributed by atoms with Crippen molar-refractivity contribution in [2.75, 3.05) is 5.32 Å². The molecule has 102 valence electrons. The van der Waals surface area contributed by atoms with E-state index in [4.69, 9.17) is 0 Å². The molecule has 19 heavy (non-hydrogen) atoms. The van der Waals surface area contributed by atoms with Gasteiger partial charge in [-0.1, -0.05) is 13.8 Å². The van der Waals surface area contributed by atoms with Gasteiger partial charge < -0.3 is 5.32 Å². The molecular weight excluding hydrogens is 241 g/mol. The van der Waals surface area contributed by atoms with Gasteiger partial charge in [-0.2, -0.15) is 0 Å². The van der Waals surface area contributed by atoms with Crippen molar-refractivity contribution in [2.45, 2.75) is 45.4 Å². The lowest BCUT2D eigenvalue weighted by Crippen LogP contribution is -2.28. The molecule has 0 spiro atoms. The van der Waals surface area contributed by atoms with Gasteiger partial charge in [-0.15, -0.1) is 0 Å². The number of anilines is 1. The molecule has 1 heterocycles. The van der Waals surface area contributed by atoms with Gasteiger partial charge in [-0.05, 0) is 60.8 Å². The van der Waals surface area contributed by atoms with E-state index >= 15 is 0 Å². The quantitative estimate of drug-likeness (QED) is 0.811. The molecule has 1 unspecified atom stereocenters. The van der Waals surface area contributed by atoms with Gasteiger partial charge in [0, 0.05) is 5.69 Å². The Bertz CT molecular complexity index is 513. The fourth-order valence-corrected chi connectivity index (χ4v) is 3.48. The van der Waals surface area contributed by atoms with E-state index in [1.165, 1.54) is 12.1 Å².